The Labute approximate surface area is 101 Å². The fourth-order valence-corrected chi connectivity index (χ4v) is 2.80. The molecule has 0 aromatic carbocycles. The van der Waals surface area contributed by atoms with Gasteiger partial charge in [0.1, 0.15) is 0 Å². The SMILES string of the molecule is CCC1(C)CSC(Nc2cn(C)nc2C)=N1. The van der Waals surface area contributed by atoms with E-state index in [2.05, 4.69) is 24.3 Å². The summed E-state index contributed by atoms with van der Waals surface area (Å²) in [6, 6.07) is 0. The summed E-state index contributed by atoms with van der Waals surface area (Å²) in [6.45, 7) is 6.38. The van der Waals surface area contributed by atoms with Gasteiger partial charge in [0.25, 0.3) is 0 Å². The lowest BCUT2D eigenvalue weighted by molar-refractivity contribution is 0.523. The normalized spacial score (nSPS) is 24.6. The minimum Gasteiger partial charge on any atom is -0.332 e. The molecular formula is C11H18N4S. The maximum absolute atomic E-state index is 4.72. The first-order valence-corrected chi connectivity index (χ1v) is 6.51. The highest BCUT2D eigenvalue weighted by Gasteiger charge is 2.29. The van der Waals surface area contributed by atoms with Crippen molar-refractivity contribution in [3.05, 3.63) is 11.9 Å². The maximum Gasteiger partial charge on any atom is 0.161 e. The van der Waals surface area contributed by atoms with Crippen molar-refractivity contribution in [1.29, 1.82) is 0 Å². The summed E-state index contributed by atoms with van der Waals surface area (Å²) < 4.78 is 1.82. The fraction of sp³-hybridized carbons (Fsp3) is 0.636. The minimum atomic E-state index is 0.100. The first-order chi connectivity index (χ1) is 7.52. The van der Waals surface area contributed by atoms with Crippen LogP contribution < -0.4 is 5.32 Å². The maximum atomic E-state index is 4.72. The molecule has 0 aliphatic carbocycles. The Kier molecular flexibility index (Phi) is 2.97. The number of hydrogen-bond donors (Lipinski definition) is 1. The molecule has 0 spiro atoms. The van der Waals surface area contributed by atoms with Crippen molar-refractivity contribution in [2.75, 3.05) is 11.1 Å². The number of nitrogens with zero attached hydrogens (tertiary/aromatic N) is 3. The largest absolute Gasteiger partial charge is 0.332 e. The number of amidine groups is 1. The molecule has 88 valence electrons. The van der Waals surface area contributed by atoms with Gasteiger partial charge < -0.3 is 5.32 Å². The van der Waals surface area contributed by atoms with Crippen molar-refractivity contribution >= 4 is 22.6 Å². The van der Waals surface area contributed by atoms with Crippen LogP contribution in [-0.4, -0.2) is 26.2 Å². The number of nitrogens with one attached hydrogen (secondary N) is 1. The average Bonchev–Trinajstić information content (AvgIpc) is 2.73. The van der Waals surface area contributed by atoms with Gasteiger partial charge in [-0.25, -0.2) is 0 Å². The standard InChI is InChI=1S/C11H18N4S/c1-5-11(3)7-16-10(13-11)12-9-6-15(4)14-8(9)2/h6H,5,7H2,1-4H3,(H,12,13). The summed E-state index contributed by atoms with van der Waals surface area (Å²) in [6.07, 6.45) is 3.07. The van der Waals surface area contributed by atoms with Gasteiger partial charge in [-0.2, -0.15) is 5.10 Å². The zero-order valence-corrected chi connectivity index (χ0v) is 11.1. The van der Waals surface area contributed by atoms with Crippen LogP contribution in [0.4, 0.5) is 5.69 Å². The molecule has 2 heterocycles. The first kappa shape index (κ1) is 11.5. The van der Waals surface area contributed by atoms with Crippen molar-refractivity contribution in [2.45, 2.75) is 32.7 Å². The number of rotatable bonds is 2. The Bertz CT molecular complexity index is 424. The molecule has 1 aromatic heterocycles. The topological polar surface area (TPSA) is 42.2 Å². The number of anilines is 1. The molecule has 0 saturated carbocycles. The summed E-state index contributed by atoms with van der Waals surface area (Å²) in [5.41, 5.74) is 2.16. The zero-order valence-electron chi connectivity index (χ0n) is 10.2. The molecule has 0 amide bonds. The van der Waals surface area contributed by atoms with Gasteiger partial charge in [-0.05, 0) is 20.3 Å². The summed E-state index contributed by atoms with van der Waals surface area (Å²) >= 11 is 1.79. The Morgan fingerprint density at radius 3 is 2.88 bits per heavy atom. The molecule has 1 unspecified atom stereocenters. The Morgan fingerprint density at radius 1 is 1.62 bits per heavy atom. The van der Waals surface area contributed by atoms with E-state index in [1.807, 2.05) is 24.9 Å². The third kappa shape index (κ3) is 2.24. The molecule has 0 bridgehead atoms. The van der Waals surface area contributed by atoms with Gasteiger partial charge in [0, 0.05) is 19.0 Å². The molecule has 4 nitrogen and oxygen atoms in total. The molecule has 1 aromatic rings. The number of thioether (sulfide) groups is 1. The first-order valence-electron chi connectivity index (χ1n) is 5.52. The van der Waals surface area contributed by atoms with Crippen LogP contribution >= 0.6 is 11.8 Å². The molecule has 0 saturated heterocycles. The van der Waals surface area contributed by atoms with Gasteiger partial charge in [0.15, 0.2) is 5.17 Å². The van der Waals surface area contributed by atoms with Crippen LogP contribution in [0.1, 0.15) is 26.0 Å². The molecule has 1 aliphatic heterocycles. The lowest BCUT2D eigenvalue weighted by Crippen LogP contribution is -2.20. The molecule has 1 aliphatic rings. The van der Waals surface area contributed by atoms with Gasteiger partial charge >= 0.3 is 0 Å². The third-order valence-electron chi connectivity index (χ3n) is 2.91. The third-order valence-corrected chi connectivity index (χ3v) is 4.14. The van der Waals surface area contributed by atoms with Gasteiger partial charge in [0.05, 0.1) is 16.9 Å². The molecule has 16 heavy (non-hydrogen) atoms. The van der Waals surface area contributed by atoms with E-state index in [9.17, 15) is 0 Å². The second-order valence-electron chi connectivity index (χ2n) is 4.48. The van der Waals surface area contributed by atoms with Crippen molar-refractivity contribution in [3.8, 4) is 0 Å². The van der Waals surface area contributed by atoms with Crippen LogP contribution in [0.5, 0.6) is 0 Å². The predicted molar refractivity (Wildman–Crippen MR) is 70.2 cm³/mol. The minimum absolute atomic E-state index is 0.100. The lowest BCUT2D eigenvalue weighted by Gasteiger charge is -2.15. The Balaban J connectivity index is 2.12. The van der Waals surface area contributed by atoms with E-state index in [0.29, 0.717) is 0 Å². The Hall–Kier alpha value is -0.970. The fourth-order valence-electron chi connectivity index (χ4n) is 1.62. The predicted octanol–water partition coefficient (Wildman–Crippen LogP) is 2.41. The van der Waals surface area contributed by atoms with Crippen LogP contribution in [0.2, 0.25) is 0 Å². The van der Waals surface area contributed by atoms with E-state index in [4.69, 9.17) is 4.99 Å². The second kappa shape index (κ2) is 4.13. The van der Waals surface area contributed by atoms with Crippen molar-refractivity contribution in [1.82, 2.24) is 9.78 Å². The highest BCUT2D eigenvalue weighted by Crippen LogP contribution is 2.30. The van der Waals surface area contributed by atoms with Crippen molar-refractivity contribution in [2.24, 2.45) is 12.0 Å². The summed E-state index contributed by atoms with van der Waals surface area (Å²) in [5.74, 6) is 1.06. The van der Waals surface area contributed by atoms with Gasteiger partial charge in [-0.1, -0.05) is 18.7 Å². The smallest absolute Gasteiger partial charge is 0.161 e. The van der Waals surface area contributed by atoms with E-state index in [0.717, 1.165) is 28.7 Å². The molecule has 1 N–H and O–H groups in total. The molecule has 5 heteroatoms. The highest BCUT2D eigenvalue weighted by molar-refractivity contribution is 8.14. The van der Waals surface area contributed by atoms with E-state index >= 15 is 0 Å². The van der Waals surface area contributed by atoms with Crippen molar-refractivity contribution in [3.63, 3.8) is 0 Å². The van der Waals surface area contributed by atoms with Crippen LogP contribution in [0.15, 0.2) is 11.2 Å². The van der Waals surface area contributed by atoms with Gasteiger partial charge in [0.2, 0.25) is 0 Å². The zero-order chi connectivity index (χ0) is 11.8. The van der Waals surface area contributed by atoms with Gasteiger partial charge in [-0.15, -0.1) is 0 Å². The van der Waals surface area contributed by atoms with E-state index in [1.54, 1.807) is 11.8 Å². The average molecular weight is 238 g/mol. The monoisotopic (exact) mass is 238 g/mol. The summed E-state index contributed by atoms with van der Waals surface area (Å²) in [4.78, 5) is 4.72. The molecule has 2 rings (SSSR count). The van der Waals surface area contributed by atoms with E-state index in [-0.39, 0.29) is 5.54 Å². The summed E-state index contributed by atoms with van der Waals surface area (Å²) in [7, 11) is 1.93. The van der Waals surface area contributed by atoms with Gasteiger partial charge in [-0.3, -0.25) is 9.67 Å². The van der Waals surface area contributed by atoms with Crippen LogP contribution in [0.3, 0.4) is 0 Å². The van der Waals surface area contributed by atoms with E-state index in [1.165, 1.54) is 0 Å². The highest BCUT2D eigenvalue weighted by atomic mass is 32.2. The Morgan fingerprint density at radius 2 is 2.38 bits per heavy atom. The number of aliphatic imine (C=N–C) groups is 1. The number of aryl methyl sites for hydroxylation is 2. The number of hydrogen-bond acceptors (Lipinski definition) is 4. The van der Waals surface area contributed by atoms with Crippen LogP contribution in [-0.2, 0) is 7.05 Å². The molecular weight excluding hydrogens is 220 g/mol. The number of aromatic nitrogens is 2. The molecule has 0 radical (unpaired) electrons. The summed E-state index contributed by atoms with van der Waals surface area (Å²) in [5, 5.41) is 8.66. The van der Waals surface area contributed by atoms with Crippen LogP contribution in [0.25, 0.3) is 0 Å². The molecule has 0 fully saturated rings. The second-order valence-corrected chi connectivity index (χ2v) is 5.45. The molecule has 1 atom stereocenters. The lowest BCUT2D eigenvalue weighted by atomic mass is 10.0. The van der Waals surface area contributed by atoms with E-state index < -0.39 is 0 Å². The van der Waals surface area contributed by atoms with Crippen LogP contribution in [0, 0.1) is 6.92 Å². The van der Waals surface area contributed by atoms with Crippen molar-refractivity contribution < 1.29 is 0 Å². The quantitative estimate of drug-likeness (QED) is 0.860.